The molecule has 2 heteroatoms. The Morgan fingerprint density at radius 3 is 2.24 bits per heavy atom. The molecule has 2 aromatic carbocycles. The van der Waals surface area contributed by atoms with Crippen LogP contribution in [0.15, 0.2) is 42.5 Å². The first-order chi connectivity index (χ1) is 10.1. The molecule has 0 unspecified atom stereocenters. The molecule has 0 amide bonds. The van der Waals surface area contributed by atoms with E-state index in [0.29, 0.717) is 19.1 Å². The van der Waals surface area contributed by atoms with Gasteiger partial charge in [-0.3, -0.25) is 0 Å². The van der Waals surface area contributed by atoms with Crippen molar-refractivity contribution in [3.63, 3.8) is 0 Å². The van der Waals surface area contributed by atoms with Crippen molar-refractivity contribution in [1.29, 1.82) is 0 Å². The third kappa shape index (κ3) is 4.08. The smallest absolute Gasteiger partial charge is 0.127 e. The van der Waals surface area contributed by atoms with E-state index in [9.17, 15) is 0 Å². The molecule has 0 radical (unpaired) electrons. The summed E-state index contributed by atoms with van der Waals surface area (Å²) in [6, 6.07) is 14.9. The SMILES string of the molecule is CCOc1ccc(CN)cc1-c1ccc(CC(C)C)cc1. The van der Waals surface area contributed by atoms with Crippen LogP contribution in [0.3, 0.4) is 0 Å². The van der Waals surface area contributed by atoms with E-state index in [1.807, 2.05) is 19.1 Å². The van der Waals surface area contributed by atoms with Crippen molar-refractivity contribution in [3.8, 4) is 16.9 Å². The fourth-order valence-corrected chi connectivity index (χ4v) is 2.50. The summed E-state index contributed by atoms with van der Waals surface area (Å²) >= 11 is 0. The number of ether oxygens (including phenoxy) is 1. The summed E-state index contributed by atoms with van der Waals surface area (Å²) in [5.41, 5.74) is 10.6. The van der Waals surface area contributed by atoms with Crippen LogP contribution in [-0.4, -0.2) is 6.61 Å². The monoisotopic (exact) mass is 283 g/mol. The molecule has 2 rings (SSSR count). The molecule has 0 aliphatic heterocycles. The molecule has 2 aromatic rings. The van der Waals surface area contributed by atoms with Gasteiger partial charge in [0.05, 0.1) is 6.61 Å². The predicted molar refractivity (Wildman–Crippen MR) is 89.5 cm³/mol. The van der Waals surface area contributed by atoms with Crippen LogP contribution in [0, 0.1) is 5.92 Å². The maximum atomic E-state index is 5.76. The minimum atomic E-state index is 0.546. The van der Waals surface area contributed by atoms with Crippen molar-refractivity contribution in [3.05, 3.63) is 53.6 Å². The molecule has 0 fully saturated rings. The first kappa shape index (κ1) is 15.6. The second kappa shape index (κ2) is 7.28. The van der Waals surface area contributed by atoms with Crippen LogP contribution in [0.2, 0.25) is 0 Å². The molecule has 2 N–H and O–H groups in total. The zero-order valence-electron chi connectivity index (χ0n) is 13.2. The van der Waals surface area contributed by atoms with Crippen LogP contribution >= 0.6 is 0 Å². The Morgan fingerprint density at radius 2 is 1.67 bits per heavy atom. The highest BCUT2D eigenvalue weighted by atomic mass is 16.5. The van der Waals surface area contributed by atoms with E-state index in [-0.39, 0.29) is 0 Å². The zero-order valence-corrected chi connectivity index (χ0v) is 13.2. The lowest BCUT2D eigenvalue weighted by Crippen LogP contribution is -1.99. The lowest BCUT2D eigenvalue weighted by Gasteiger charge is -2.13. The molecular weight excluding hydrogens is 258 g/mol. The highest BCUT2D eigenvalue weighted by Crippen LogP contribution is 2.31. The highest BCUT2D eigenvalue weighted by molar-refractivity contribution is 5.71. The Morgan fingerprint density at radius 1 is 1.00 bits per heavy atom. The number of hydrogen-bond donors (Lipinski definition) is 1. The third-order valence-corrected chi connectivity index (χ3v) is 3.49. The van der Waals surface area contributed by atoms with E-state index in [4.69, 9.17) is 10.5 Å². The van der Waals surface area contributed by atoms with Gasteiger partial charge in [0.25, 0.3) is 0 Å². The molecule has 0 saturated carbocycles. The van der Waals surface area contributed by atoms with Gasteiger partial charge in [0.1, 0.15) is 5.75 Å². The van der Waals surface area contributed by atoms with Crippen molar-refractivity contribution < 1.29 is 4.74 Å². The summed E-state index contributed by atoms with van der Waals surface area (Å²) < 4.78 is 5.74. The number of nitrogens with two attached hydrogens (primary N) is 1. The number of rotatable bonds is 6. The van der Waals surface area contributed by atoms with E-state index in [2.05, 4.69) is 44.2 Å². The second-order valence-corrected chi connectivity index (χ2v) is 5.76. The van der Waals surface area contributed by atoms with Crippen LogP contribution in [0.25, 0.3) is 11.1 Å². The Kier molecular flexibility index (Phi) is 5.40. The molecule has 0 heterocycles. The quantitative estimate of drug-likeness (QED) is 0.852. The molecule has 0 atom stereocenters. The van der Waals surface area contributed by atoms with Crippen molar-refractivity contribution >= 4 is 0 Å². The van der Waals surface area contributed by atoms with Crippen molar-refractivity contribution in [1.82, 2.24) is 0 Å². The largest absolute Gasteiger partial charge is 0.493 e. The first-order valence-corrected chi connectivity index (χ1v) is 7.69. The van der Waals surface area contributed by atoms with Gasteiger partial charge in [0, 0.05) is 12.1 Å². The Labute approximate surface area is 127 Å². The molecule has 0 saturated heterocycles. The minimum absolute atomic E-state index is 0.546. The molecule has 0 aliphatic carbocycles. The lowest BCUT2D eigenvalue weighted by atomic mass is 9.97. The summed E-state index contributed by atoms with van der Waals surface area (Å²) in [7, 11) is 0. The Hall–Kier alpha value is -1.80. The molecule has 21 heavy (non-hydrogen) atoms. The van der Waals surface area contributed by atoms with E-state index in [0.717, 1.165) is 23.3 Å². The fourth-order valence-electron chi connectivity index (χ4n) is 2.50. The molecule has 0 bridgehead atoms. The van der Waals surface area contributed by atoms with Crippen LogP contribution in [0.5, 0.6) is 5.75 Å². The van der Waals surface area contributed by atoms with Gasteiger partial charge >= 0.3 is 0 Å². The van der Waals surface area contributed by atoms with Gasteiger partial charge in [-0.15, -0.1) is 0 Å². The zero-order chi connectivity index (χ0) is 15.2. The van der Waals surface area contributed by atoms with Crippen LogP contribution in [-0.2, 0) is 13.0 Å². The Bertz CT molecular complexity index is 573. The number of hydrogen-bond acceptors (Lipinski definition) is 2. The number of benzene rings is 2. The van der Waals surface area contributed by atoms with Crippen LogP contribution < -0.4 is 10.5 Å². The maximum absolute atomic E-state index is 5.76. The molecule has 0 spiro atoms. The van der Waals surface area contributed by atoms with Gasteiger partial charge in [0.15, 0.2) is 0 Å². The molecule has 112 valence electrons. The normalized spacial score (nSPS) is 10.9. The lowest BCUT2D eigenvalue weighted by molar-refractivity contribution is 0.341. The van der Waals surface area contributed by atoms with Gasteiger partial charge in [-0.05, 0) is 48.1 Å². The molecule has 0 aromatic heterocycles. The average Bonchev–Trinajstić information content (AvgIpc) is 2.48. The predicted octanol–water partition coefficient (Wildman–Crippen LogP) is 4.41. The first-order valence-electron chi connectivity index (χ1n) is 7.69. The van der Waals surface area contributed by atoms with E-state index in [1.54, 1.807) is 0 Å². The van der Waals surface area contributed by atoms with Gasteiger partial charge in [-0.25, -0.2) is 0 Å². The minimum Gasteiger partial charge on any atom is -0.493 e. The third-order valence-electron chi connectivity index (χ3n) is 3.49. The topological polar surface area (TPSA) is 35.2 Å². The molecule has 0 aliphatic rings. The van der Waals surface area contributed by atoms with Gasteiger partial charge in [0.2, 0.25) is 0 Å². The molecular formula is C19H25NO. The summed E-state index contributed by atoms with van der Waals surface area (Å²) in [4.78, 5) is 0. The fraction of sp³-hybridized carbons (Fsp3) is 0.368. The van der Waals surface area contributed by atoms with E-state index < -0.39 is 0 Å². The van der Waals surface area contributed by atoms with Gasteiger partial charge in [-0.1, -0.05) is 44.2 Å². The summed E-state index contributed by atoms with van der Waals surface area (Å²) in [6.45, 7) is 7.70. The average molecular weight is 283 g/mol. The summed E-state index contributed by atoms with van der Waals surface area (Å²) in [6.07, 6.45) is 1.11. The summed E-state index contributed by atoms with van der Waals surface area (Å²) in [5, 5.41) is 0. The van der Waals surface area contributed by atoms with Crippen molar-refractivity contribution in [2.75, 3.05) is 6.61 Å². The van der Waals surface area contributed by atoms with Gasteiger partial charge in [-0.2, -0.15) is 0 Å². The summed E-state index contributed by atoms with van der Waals surface area (Å²) in [5.74, 6) is 1.60. The Balaban J connectivity index is 2.35. The highest BCUT2D eigenvalue weighted by Gasteiger charge is 2.08. The molecule has 2 nitrogen and oxygen atoms in total. The van der Waals surface area contributed by atoms with Crippen molar-refractivity contribution in [2.45, 2.75) is 33.7 Å². The standard InChI is InChI=1S/C19H25NO/c1-4-21-19-10-7-16(13-20)12-18(19)17-8-5-15(6-9-17)11-14(2)3/h5-10,12,14H,4,11,13,20H2,1-3H3. The van der Waals surface area contributed by atoms with E-state index >= 15 is 0 Å². The second-order valence-electron chi connectivity index (χ2n) is 5.76. The van der Waals surface area contributed by atoms with Crippen LogP contribution in [0.4, 0.5) is 0 Å². The van der Waals surface area contributed by atoms with Gasteiger partial charge < -0.3 is 10.5 Å². The van der Waals surface area contributed by atoms with Crippen LogP contribution in [0.1, 0.15) is 31.9 Å². The maximum Gasteiger partial charge on any atom is 0.127 e. The van der Waals surface area contributed by atoms with E-state index in [1.165, 1.54) is 11.1 Å². The van der Waals surface area contributed by atoms with Crippen molar-refractivity contribution in [2.24, 2.45) is 11.7 Å².